The number of hydrogen-bond acceptors (Lipinski definition) is 10. The molecule has 1 unspecified atom stereocenters. The molecule has 0 fully saturated rings. The Morgan fingerprint density at radius 3 is 2.84 bits per heavy atom. The first-order valence-electron chi connectivity index (χ1n) is 11.1. The first kappa shape index (κ1) is 22.5. The van der Waals surface area contributed by atoms with E-state index in [2.05, 4.69) is 16.3 Å². The van der Waals surface area contributed by atoms with Crippen molar-refractivity contribution in [2.45, 2.75) is 5.92 Å². The summed E-state index contributed by atoms with van der Waals surface area (Å²) in [6, 6.07) is 16.2. The highest BCUT2D eigenvalue weighted by molar-refractivity contribution is 7.12. The SMILES string of the molecule is COc1cc(C2C(C#N)=C(N)Oc3n[nH]c(-c4ccc5c(c4)OCO5)c32)ccc1OC(=O)c1cccs1. The van der Waals surface area contributed by atoms with Crippen LogP contribution in [0.15, 0.2) is 65.4 Å². The molecule has 0 saturated carbocycles. The summed E-state index contributed by atoms with van der Waals surface area (Å²) in [5.41, 5.74) is 9.01. The van der Waals surface area contributed by atoms with E-state index in [-0.39, 0.29) is 29.9 Å². The van der Waals surface area contributed by atoms with E-state index < -0.39 is 11.9 Å². The summed E-state index contributed by atoms with van der Waals surface area (Å²) < 4.78 is 27.7. The molecular weight excluding hydrogens is 496 g/mol. The third kappa shape index (κ3) is 3.80. The summed E-state index contributed by atoms with van der Waals surface area (Å²) >= 11 is 1.28. The molecule has 2 aromatic heterocycles. The van der Waals surface area contributed by atoms with Gasteiger partial charge in [-0.15, -0.1) is 16.4 Å². The van der Waals surface area contributed by atoms with E-state index in [0.29, 0.717) is 38.9 Å². The highest BCUT2D eigenvalue weighted by Crippen LogP contribution is 2.48. The number of rotatable bonds is 5. The Labute approximate surface area is 214 Å². The summed E-state index contributed by atoms with van der Waals surface area (Å²) in [5, 5.41) is 19.1. The van der Waals surface area contributed by atoms with E-state index in [1.165, 1.54) is 18.4 Å². The van der Waals surface area contributed by atoms with Gasteiger partial charge in [0.15, 0.2) is 23.0 Å². The maximum Gasteiger partial charge on any atom is 0.353 e. The maximum absolute atomic E-state index is 12.5. The van der Waals surface area contributed by atoms with Crippen molar-refractivity contribution in [3.05, 3.63) is 81.4 Å². The predicted molar refractivity (Wildman–Crippen MR) is 132 cm³/mol. The topological polar surface area (TPSA) is 142 Å². The molecule has 37 heavy (non-hydrogen) atoms. The number of carbonyl (C=O) groups excluding carboxylic acids is 1. The Morgan fingerprint density at radius 2 is 2.05 bits per heavy atom. The number of fused-ring (bicyclic) bond motifs is 2. The average molecular weight is 515 g/mol. The van der Waals surface area contributed by atoms with E-state index >= 15 is 0 Å². The minimum absolute atomic E-state index is 0.0455. The van der Waals surface area contributed by atoms with Crippen LogP contribution in [0.4, 0.5) is 0 Å². The maximum atomic E-state index is 12.5. The first-order chi connectivity index (χ1) is 18.1. The number of esters is 1. The largest absolute Gasteiger partial charge is 0.493 e. The molecular formula is C26H18N4O6S. The first-order valence-corrected chi connectivity index (χ1v) is 11.9. The van der Waals surface area contributed by atoms with Crippen molar-refractivity contribution in [2.75, 3.05) is 13.9 Å². The molecule has 0 aliphatic carbocycles. The lowest BCUT2D eigenvalue weighted by molar-refractivity contribution is 0.0734. The van der Waals surface area contributed by atoms with Crippen LogP contribution in [0.25, 0.3) is 11.3 Å². The zero-order chi connectivity index (χ0) is 25.5. The zero-order valence-corrected chi connectivity index (χ0v) is 20.1. The van der Waals surface area contributed by atoms with E-state index in [9.17, 15) is 10.1 Å². The van der Waals surface area contributed by atoms with Crippen molar-refractivity contribution in [1.29, 1.82) is 5.26 Å². The smallest absolute Gasteiger partial charge is 0.353 e. The molecule has 4 aromatic rings. The molecule has 2 aromatic carbocycles. The van der Waals surface area contributed by atoms with Gasteiger partial charge in [0.2, 0.25) is 18.6 Å². The molecule has 11 heteroatoms. The second kappa shape index (κ2) is 8.92. The molecule has 6 rings (SSSR count). The quantitative estimate of drug-likeness (QED) is 0.294. The number of aromatic nitrogens is 2. The molecule has 2 aliphatic rings. The number of methoxy groups -OCH3 is 1. The van der Waals surface area contributed by atoms with Crippen LogP contribution in [-0.2, 0) is 0 Å². The monoisotopic (exact) mass is 514 g/mol. The molecule has 4 heterocycles. The molecule has 184 valence electrons. The number of hydrogen-bond donors (Lipinski definition) is 2. The van der Waals surface area contributed by atoms with E-state index in [1.54, 1.807) is 41.8 Å². The van der Waals surface area contributed by atoms with Gasteiger partial charge in [0.25, 0.3) is 0 Å². The van der Waals surface area contributed by atoms with Crippen molar-refractivity contribution in [2.24, 2.45) is 5.73 Å². The Bertz CT molecular complexity index is 1600. The van der Waals surface area contributed by atoms with E-state index in [4.69, 9.17) is 29.4 Å². The van der Waals surface area contributed by atoms with Crippen molar-refractivity contribution in [1.82, 2.24) is 10.2 Å². The molecule has 0 amide bonds. The molecule has 0 radical (unpaired) electrons. The second-order valence-electron chi connectivity index (χ2n) is 8.09. The van der Waals surface area contributed by atoms with Gasteiger partial charge < -0.3 is 29.4 Å². The third-order valence-corrected chi connectivity index (χ3v) is 6.90. The zero-order valence-electron chi connectivity index (χ0n) is 19.3. The summed E-state index contributed by atoms with van der Waals surface area (Å²) in [5.74, 6) is 0.889. The Kier molecular flexibility index (Phi) is 5.43. The predicted octanol–water partition coefficient (Wildman–Crippen LogP) is 4.31. The lowest BCUT2D eigenvalue weighted by atomic mass is 9.83. The molecule has 10 nitrogen and oxygen atoms in total. The van der Waals surface area contributed by atoms with Crippen molar-refractivity contribution >= 4 is 17.3 Å². The van der Waals surface area contributed by atoms with Gasteiger partial charge in [-0.2, -0.15) is 5.26 Å². The molecule has 1 atom stereocenters. The van der Waals surface area contributed by atoms with Gasteiger partial charge in [-0.25, -0.2) is 4.79 Å². The fourth-order valence-corrected chi connectivity index (χ4v) is 4.94. The number of benzene rings is 2. The summed E-state index contributed by atoms with van der Waals surface area (Å²) in [6.45, 7) is 0.145. The van der Waals surface area contributed by atoms with Crippen molar-refractivity contribution in [3.8, 4) is 46.2 Å². The van der Waals surface area contributed by atoms with Gasteiger partial charge in [-0.1, -0.05) is 12.1 Å². The van der Waals surface area contributed by atoms with Crippen LogP contribution in [0.5, 0.6) is 28.9 Å². The van der Waals surface area contributed by atoms with Crippen molar-refractivity contribution in [3.63, 3.8) is 0 Å². The number of nitriles is 1. The molecule has 0 bridgehead atoms. The highest BCUT2D eigenvalue weighted by Gasteiger charge is 2.36. The molecule has 3 N–H and O–H groups in total. The number of H-pyrrole nitrogens is 1. The molecule has 0 spiro atoms. The summed E-state index contributed by atoms with van der Waals surface area (Å²) in [6.07, 6.45) is 0. The summed E-state index contributed by atoms with van der Waals surface area (Å²) in [4.78, 5) is 13.0. The minimum atomic E-state index is -0.635. The lowest BCUT2D eigenvalue weighted by Gasteiger charge is -2.24. The average Bonchev–Trinajstić information content (AvgIpc) is 3.68. The fraction of sp³-hybridized carbons (Fsp3) is 0.115. The normalized spacial score (nSPS) is 15.5. The van der Waals surface area contributed by atoms with E-state index in [1.807, 2.05) is 12.1 Å². The number of ether oxygens (including phenoxy) is 5. The van der Waals surface area contributed by atoms with Gasteiger partial charge in [0, 0.05) is 5.56 Å². The number of allylic oxidation sites excluding steroid dienone is 1. The highest BCUT2D eigenvalue weighted by atomic mass is 32.1. The number of carbonyl (C=O) groups is 1. The standard InChI is InChI=1S/C26H18N4O6S/c1-32-18-9-13(4-7-17(18)35-26(31)20-3-2-8-37-20)21-15(11-27)24(28)36-25-22(21)23(29-30-25)14-5-6-16-19(10-14)34-12-33-16/h2-10,21H,12,28H2,1H3,(H,29,30). The van der Waals surface area contributed by atoms with Crippen LogP contribution >= 0.6 is 11.3 Å². The number of aromatic amines is 1. The van der Waals surface area contributed by atoms with Crippen LogP contribution in [-0.4, -0.2) is 30.1 Å². The lowest BCUT2D eigenvalue weighted by Crippen LogP contribution is -2.21. The second-order valence-corrected chi connectivity index (χ2v) is 9.04. The fourth-order valence-electron chi connectivity index (χ4n) is 4.34. The van der Waals surface area contributed by atoms with Gasteiger partial charge in [0.1, 0.15) is 16.5 Å². The van der Waals surface area contributed by atoms with Crippen LogP contribution in [0.1, 0.15) is 26.7 Å². The minimum Gasteiger partial charge on any atom is -0.493 e. The van der Waals surface area contributed by atoms with Gasteiger partial charge in [0.05, 0.1) is 24.3 Å². The third-order valence-electron chi connectivity index (χ3n) is 6.05. The number of thiophene rings is 1. The van der Waals surface area contributed by atoms with Crippen molar-refractivity contribution < 1.29 is 28.5 Å². The van der Waals surface area contributed by atoms with Crippen LogP contribution in [0.3, 0.4) is 0 Å². The molecule has 2 aliphatic heterocycles. The van der Waals surface area contributed by atoms with Gasteiger partial charge in [-0.05, 0) is 47.3 Å². The van der Waals surface area contributed by atoms with Crippen LogP contribution in [0.2, 0.25) is 0 Å². The number of nitrogens with zero attached hydrogens (tertiary/aromatic N) is 2. The number of nitrogens with two attached hydrogens (primary N) is 1. The van der Waals surface area contributed by atoms with Crippen LogP contribution < -0.4 is 29.4 Å². The number of nitrogens with one attached hydrogen (secondary N) is 1. The van der Waals surface area contributed by atoms with E-state index in [0.717, 1.165) is 5.56 Å². The Hall–Kier alpha value is -4.95. The Morgan fingerprint density at radius 1 is 1.19 bits per heavy atom. The van der Waals surface area contributed by atoms with Gasteiger partial charge in [-0.3, -0.25) is 5.10 Å². The van der Waals surface area contributed by atoms with Gasteiger partial charge >= 0.3 is 5.97 Å². The molecule has 0 saturated heterocycles. The summed E-state index contributed by atoms with van der Waals surface area (Å²) in [7, 11) is 1.47. The van der Waals surface area contributed by atoms with Crippen LogP contribution in [0, 0.1) is 11.3 Å². The Balaban J connectivity index is 1.43.